The van der Waals surface area contributed by atoms with E-state index in [9.17, 15) is 0 Å². The first-order valence-electron chi connectivity index (χ1n) is 6.18. The number of rotatable bonds is 2. The first-order chi connectivity index (χ1) is 8.90. The minimum absolute atomic E-state index is 0.0871. The molecule has 1 heterocycles. The predicted molar refractivity (Wildman–Crippen MR) is 70.8 cm³/mol. The van der Waals surface area contributed by atoms with Crippen molar-refractivity contribution in [2.45, 2.75) is 25.6 Å². The smallest absolute Gasteiger partial charge is 0.158 e. The van der Waals surface area contributed by atoms with Gasteiger partial charge < -0.3 is 9.47 Å². The monoisotopic (exact) mass is 240 g/mol. The first-order valence-corrected chi connectivity index (χ1v) is 6.18. The Morgan fingerprint density at radius 1 is 1.28 bits per heavy atom. The number of benzene rings is 1. The van der Waals surface area contributed by atoms with Crippen molar-refractivity contribution in [3.63, 3.8) is 0 Å². The summed E-state index contributed by atoms with van der Waals surface area (Å²) >= 11 is 0. The van der Waals surface area contributed by atoms with Crippen LogP contribution in [0.25, 0.3) is 0 Å². The van der Waals surface area contributed by atoms with Crippen molar-refractivity contribution in [2.24, 2.45) is 0 Å². The standard InChI is InChI=1S/C16H16O2/c1-2-14-8-3-4-9-15(14)10-7-13-18-16-11-5-6-12-17-16/h1,3-4,8-9,16H,5-6,11-13H2. The number of ether oxygens (including phenoxy) is 2. The Balaban J connectivity index is 1.86. The number of hydrogen-bond acceptors (Lipinski definition) is 2. The molecule has 1 saturated heterocycles. The molecule has 92 valence electrons. The maximum atomic E-state index is 5.53. The molecule has 2 rings (SSSR count). The van der Waals surface area contributed by atoms with E-state index < -0.39 is 0 Å². The SMILES string of the molecule is C#Cc1ccccc1C#CCOC1CCCCO1. The van der Waals surface area contributed by atoms with Crippen LogP contribution in [0.15, 0.2) is 24.3 Å². The molecule has 0 N–H and O–H groups in total. The minimum atomic E-state index is -0.0871. The van der Waals surface area contributed by atoms with E-state index in [0.29, 0.717) is 6.61 Å². The van der Waals surface area contributed by atoms with Crippen LogP contribution in [0.2, 0.25) is 0 Å². The zero-order chi connectivity index (χ0) is 12.6. The summed E-state index contributed by atoms with van der Waals surface area (Å²) in [4.78, 5) is 0. The average Bonchev–Trinajstić information content (AvgIpc) is 2.45. The lowest BCUT2D eigenvalue weighted by molar-refractivity contribution is -0.154. The van der Waals surface area contributed by atoms with E-state index in [1.807, 2.05) is 24.3 Å². The van der Waals surface area contributed by atoms with Gasteiger partial charge in [-0.15, -0.1) is 6.42 Å². The van der Waals surface area contributed by atoms with Crippen molar-refractivity contribution < 1.29 is 9.47 Å². The third kappa shape index (κ3) is 3.64. The molecular weight excluding hydrogens is 224 g/mol. The summed E-state index contributed by atoms with van der Waals surface area (Å²) in [5.74, 6) is 8.62. The van der Waals surface area contributed by atoms with Gasteiger partial charge in [-0.1, -0.05) is 29.9 Å². The van der Waals surface area contributed by atoms with Crippen LogP contribution < -0.4 is 0 Å². The molecule has 1 fully saturated rings. The fourth-order valence-electron chi connectivity index (χ4n) is 1.83. The van der Waals surface area contributed by atoms with Gasteiger partial charge in [0.15, 0.2) is 6.29 Å². The largest absolute Gasteiger partial charge is 0.353 e. The van der Waals surface area contributed by atoms with E-state index in [-0.39, 0.29) is 6.29 Å². The molecule has 0 saturated carbocycles. The van der Waals surface area contributed by atoms with Gasteiger partial charge in [0.1, 0.15) is 6.61 Å². The van der Waals surface area contributed by atoms with Crippen LogP contribution >= 0.6 is 0 Å². The van der Waals surface area contributed by atoms with Gasteiger partial charge in [-0.25, -0.2) is 0 Å². The molecule has 18 heavy (non-hydrogen) atoms. The molecule has 0 aliphatic carbocycles. The van der Waals surface area contributed by atoms with Crippen molar-refractivity contribution in [3.05, 3.63) is 35.4 Å². The highest BCUT2D eigenvalue weighted by Crippen LogP contribution is 2.13. The molecule has 0 amide bonds. The topological polar surface area (TPSA) is 18.5 Å². The summed E-state index contributed by atoms with van der Waals surface area (Å²) in [5, 5.41) is 0. The molecule has 1 aromatic rings. The number of hydrogen-bond donors (Lipinski definition) is 0. The number of terminal acetylenes is 1. The van der Waals surface area contributed by atoms with E-state index in [1.165, 1.54) is 0 Å². The second-order valence-corrected chi connectivity index (χ2v) is 4.10. The predicted octanol–water partition coefficient (Wildman–Crippen LogP) is 2.56. The molecule has 0 radical (unpaired) electrons. The Morgan fingerprint density at radius 3 is 2.83 bits per heavy atom. The Hall–Kier alpha value is -1.74. The lowest BCUT2D eigenvalue weighted by Crippen LogP contribution is -2.22. The van der Waals surface area contributed by atoms with Crippen molar-refractivity contribution in [1.29, 1.82) is 0 Å². The van der Waals surface area contributed by atoms with Crippen LogP contribution in [0.3, 0.4) is 0 Å². The highest BCUT2D eigenvalue weighted by Gasteiger charge is 2.12. The van der Waals surface area contributed by atoms with Gasteiger partial charge in [-0.2, -0.15) is 0 Å². The van der Waals surface area contributed by atoms with Gasteiger partial charge in [0.25, 0.3) is 0 Å². The Morgan fingerprint density at radius 2 is 2.11 bits per heavy atom. The molecule has 1 aliphatic heterocycles. The first kappa shape index (κ1) is 12.7. The Bertz CT molecular complexity index is 482. The maximum absolute atomic E-state index is 5.53. The highest BCUT2D eigenvalue weighted by molar-refractivity contribution is 5.49. The summed E-state index contributed by atoms with van der Waals surface area (Å²) in [7, 11) is 0. The van der Waals surface area contributed by atoms with Crippen LogP contribution in [0.4, 0.5) is 0 Å². The van der Waals surface area contributed by atoms with E-state index in [2.05, 4.69) is 17.8 Å². The van der Waals surface area contributed by atoms with Gasteiger partial charge in [-0.3, -0.25) is 0 Å². The van der Waals surface area contributed by atoms with Gasteiger partial charge in [0.05, 0.1) is 0 Å². The van der Waals surface area contributed by atoms with E-state index in [1.54, 1.807) is 0 Å². The Labute approximate surface area is 108 Å². The van der Waals surface area contributed by atoms with Gasteiger partial charge in [-0.05, 0) is 31.4 Å². The molecule has 1 aromatic carbocycles. The van der Waals surface area contributed by atoms with Crippen molar-refractivity contribution in [3.8, 4) is 24.2 Å². The molecule has 2 nitrogen and oxygen atoms in total. The van der Waals surface area contributed by atoms with Crippen molar-refractivity contribution in [2.75, 3.05) is 13.2 Å². The molecule has 2 heteroatoms. The Kier molecular flexibility index (Phi) is 4.85. The highest BCUT2D eigenvalue weighted by atomic mass is 16.7. The molecular formula is C16H16O2. The third-order valence-electron chi connectivity index (χ3n) is 2.78. The molecule has 0 spiro atoms. The van der Waals surface area contributed by atoms with Crippen molar-refractivity contribution in [1.82, 2.24) is 0 Å². The van der Waals surface area contributed by atoms with Crippen LogP contribution in [0.5, 0.6) is 0 Å². The summed E-state index contributed by atoms with van der Waals surface area (Å²) in [6, 6.07) is 7.64. The second-order valence-electron chi connectivity index (χ2n) is 4.10. The second kappa shape index (κ2) is 6.87. The van der Waals surface area contributed by atoms with E-state index in [4.69, 9.17) is 15.9 Å². The zero-order valence-corrected chi connectivity index (χ0v) is 10.3. The minimum Gasteiger partial charge on any atom is -0.353 e. The third-order valence-corrected chi connectivity index (χ3v) is 2.78. The molecule has 1 aliphatic rings. The summed E-state index contributed by atoms with van der Waals surface area (Å²) in [6.07, 6.45) is 8.57. The van der Waals surface area contributed by atoms with Crippen LogP contribution in [-0.2, 0) is 9.47 Å². The van der Waals surface area contributed by atoms with Crippen LogP contribution in [-0.4, -0.2) is 19.5 Å². The summed E-state index contributed by atoms with van der Waals surface area (Å²) in [6.45, 7) is 1.17. The van der Waals surface area contributed by atoms with Crippen LogP contribution in [0, 0.1) is 24.2 Å². The lowest BCUT2D eigenvalue weighted by Gasteiger charge is -2.21. The summed E-state index contributed by atoms with van der Waals surface area (Å²) in [5.41, 5.74) is 1.69. The van der Waals surface area contributed by atoms with Gasteiger partial charge >= 0.3 is 0 Å². The van der Waals surface area contributed by atoms with Gasteiger partial charge in [0.2, 0.25) is 0 Å². The molecule has 1 unspecified atom stereocenters. The normalized spacial score (nSPS) is 18.5. The van der Waals surface area contributed by atoms with Gasteiger partial charge in [0, 0.05) is 17.7 Å². The molecule has 0 aromatic heterocycles. The fraction of sp³-hybridized carbons (Fsp3) is 0.375. The van der Waals surface area contributed by atoms with E-state index >= 15 is 0 Å². The molecule has 0 bridgehead atoms. The van der Waals surface area contributed by atoms with Crippen molar-refractivity contribution >= 4 is 0 Å². The quantitative estimate of drug-likeness (QED) is 0.740. The maximum Gasteiger partial charge on any atom is 0.158 e. The van der Waals surface area contributed by atoms with Crippen LogP contribution in [0.1, 0.15) is 30.4 Å². The lowest BCUT2D eigenvalue weighted by atomic mass is 10.1. The zero-order valence-electron chi connectivity index (χ0n) is 10.3. The molecule has 1 atom stereocenters. The average molecular weight is 240 g/mol. The van der Waals surface area contributed by atoms with E-state index in [0.717, 1.165) is 37.0 Å². The summed E-state index contributed by atoms with van der Waals surface area (Å²) < 4.78 is 11.0. The fourth-order valence-corrected chi connectivity index (χ4v) is 1.83.